The minimum absolute atomic E-state index is 0.0440. The van der Waals surface area contributed by atoms with Crippen molar-refractivity contribution in [3.63, 3.8) is 0 Å². The average Bonchev–Trinajstić information content (AvgIpc) is 2.92. The van der Waals surface area contributed by atoms with Crippen LogP contribution in [0.3, 0.4) is 0 Å². The number of rotatable bonds is 9. The summed E-state index contributed by atoms with van der Waals surface area (Å²) in [6.45, 7) is 3.99. The van der Waals surface area contributed by atoms with Crippen molar-refractivity contribution in [2.24, 2.45) is 5.92 Å². The monoisotopic (exact) mass is 476 g/mol. The zero-order valence-electron chi connectivity index (χ0n) is 20.5. The fraction of sp³-hybridized carbons (Fsp3) is 0.370. The van der Waals surface area contributed by atoms with Gasteiger partial charge in [-0.1, -0.05) is 19.1 Å². The molecule has 1 aliphatic heterocycles. The summed E-state index contributed by atoms with van der Waals surface area (Å²) in [6, 6.07) is 15.4. The van der Waals surface area contributed by atoms with E-state index in [1.165, 1.54) is 11.9 Å². The van der Waals surface area contributed by atoms with Gasteiger partial charge in [0.25, 0.3) is 0 Å². The van der Waals surface area contributed by atoms with Gasteiger partial charge in [0.15, 0.2) is 0 Å². The smallest absolute Gasteiger partial charge is 0.224 e. The summed E-state index contributed by atoms with van der Waals surface area (Å²) in [4.78, 5) is 23.7. The van der Waals surface area contributed by atoms with E-state index in [4.69, 9.17) is 14.2 Å². The number of hydrogen-bond donors (Lipinski definition) is 1. The van der Waals surface area contributed by atoms with Crippen LogP contribution < -0.4 is 24.4 Å². The molecule has 8 nitrogen and oxygen atoms in total. The molecule has 1 aliphatic rings. The maximum absolute atomic E-state index is 12.8. The van der Waals surface area contributed by atoms with Crippen LogP contribution in [0.4, 0.5) is 5.82 Å². The first-order valence-corrected chi connectivity index (χ1v) is 11.9. The van der Waals surface area contributed by atoms with Crippen LogP contribution in [-0.2, 0) is 17.8 Å². The highest BCUT2D eigenvalue weighted by Gasteiger charge is 2.26. The molecule has 2 aromatic carbocycles. The SMILES string of the molecule is CCc1ccc(Oc2cc(N3CCC(C(=O)NCc4cc(OC)ccc4OC)CC3)ncn2)cc1. The molecule has 1 saturated heterocycles. The molecule has 2 heterocycles. The molecular weight excluding hydrogens is 444 g/mol. The Balaban J connectivity index is 1.30. The molecule has 184 valence electrons. The number of anilines is 1. The third-order valence-corrected chi connectivity index (χ3v) is 6.31. The molecule has 1 fully saturated rings. The number of aryl methyl sites for hydroxylation is 1. The maximum atomic E-state index is 12.8. The Morgan fingerprint density at radius 2 is 1.74 bits per heavy atom. The summed E-state index contributed by atoms with van der Waals surface area (Å²) in [5, 5.41) is 3.06. The highest BCUT2D eigenvalue weighted by molar-refractivity contribution is 5.79. The lowest BCUT2D eigenvalue weighted by Gasteiger charge is -2.32. The van der Waals surface area contributed by atoms with Crippen molar-refractivity contribution in [3.8, 4) is 23.1 Å². The highest BCUT2D eigenvalue weighted by Crippen LogP contribution is 2.27. The number of benzene rings is 2. The van der Waals surface area contributed by atoms with Gasteiger partial charge in [0.2, 0.25) is 11.8 Å². The molecule has 3 aromatic rings. The Morgan fingerprint density at radius 3 is 2.43 bits per heavy atom. The second kappa shape index (κ2) is 11.6. The minimum Gasteiger partial charge on any atom is -0.497 e. The first kappa shape index (κ1) is 24.3. The number of nitrogens with zero attached hydrogens (tertiary/aromatic N) is 3. The van der Waals surface area contributed by atoms with Crippen molar-refractivity contribution < 1.29 is 19.0 Å². The van der Waals surface area contributed by atoms with Gasteiger partial charge in [0, 0.05) is 37.2 Å². The van der Waals surface area contributed by atoms with Gasteiger partial charge in [-0.2, -0.15) is 0 Å². The van der Waals surface area contributed by atoms with Crippen LogP contribution in [-0.4, -0.2) is 43.2 Å². The van der Waals surface area contributed by atoms with E-state index in [2.05, 4.69) is 39.2 Å². The summed E-state index contributed by atoms with van der Waals surface area (Å²) >= 11 is 0. The average molecular weight is 477 g/mol. The van der Waals surface area contributed by atoms with E-state index in [0.29, 0.717) is 12.4 Å². The fourth-order valence-electron chi connectivity index (χ4n) is 4.19. The lowest BCUT2D eigenvalue weighted by molar-refractivity contribution is -0.125. The molecule has 1 N–H and O–H groups in total. The molecule has 4 rings (SSSR count). The van der Waals surface area contributed by atoms with Crippen LogP contribution in [0.25, 0.3) is 0 Å². The molecule has 0 bridgehead atoms. The summed E-state index contributed by atoms with van der Waals surface area (Å²) in [5.74, 6) is 3.52. The van der Waals surface area contributed by atoms with E-state index < -0.39 is 0 Å². The van der Waals surface area contributed by atoms with Crippen molar-refractivity contribution in [1.82, 2.24) is 15.3 Å². The number of aromatic nitrogens is 2. The molecule has 0 unspecified atom stereocenters. The maximum Gasteiger partial charge on any atom is 0.224 e. The number of nitrogens with one attached hydrogen (secondary N) is 1. The molecule has 0 spiro atoms. The minimum atomic E-state index is -0.0440. The van der Waals surface area contributed by atoms with Gasteiger partial charge >= 0.3 is 0 Å². The van der Waals surface area contributed by atoms with Crippen molar-refractivity contribution in [2.45, 2.75) is 32.7 Å². The summed E-state index contributed by atoms with van der Waals surface area (Å²) in [7, 11) is 3.24. The quantitative estimate of drug-likeness (QED) is 0.490. The predicted molar refractivity (Wildman–Crippen MR) is 134 cm³/mol. The van der Waals surface area contributed by atoms with Crippen LogP contribution in [0.15, 0.2) is 54.9 Å². The second-order valence-corrected chi connectivity index (χ2v) is 8.47. The molecule has 8 heteroatoms. The Morgan fingerprint density at radius 1 is 1.00 bits per heavy atom. The summed E-state index contributed by atoms with van der Waals surface area (Å²) in [5.41, 5.74) is 2.14. The Hall–Kier alpha value is -3.81. The van der Waals surface area contributed by atoms with Crippen LogP contribution in [0.1, 0.15) is 30.9 Å². The molecule has 1 amide bonds. The van der Waals surface area contributed by atoms with Crippen LogP contribution in [0, 0.1) is 5.92 Å². The summed E-state index contributed by atoms with van der Waals surface area (Å²) < 4.78 is 16.6. The molecule has 0 radical (unpaired) electrons. The molecular formula is C27H32N4O4. The number of carbonyl (C=O) groups is 1. The normalized spacial score (nSPS) is 13.9. The Labute approximate surface area is 206 Å². The van der Waals surface area contributed by atoms with Crippen LogP contribution >= 0.6 is 0 Å². The predicted octanol–water partition coefficient (Wildman–Crippen LogP) is 4.38. The van der Waals surface area contributed by atoms with Crippen LogP contribution in [0.5, 0.6) is 23.1 Å². The van der Waals surface area contributed by atoms with Gasteiger partial charge in [-0.25, -0.2) is 9.97 Å². The third kappa shape index (κ3) is 6.20. The van der Waals surface area contributed by atoms with Crippen LogP contribution in [0.2, 0.25) is 0 Å². The first-order chi connectivity index (χ1) is 17.1. The highest BCUT2D eigenvalue weighted by atomic mass is 16.5. The Kier molecular flexibility index (Phi) is 8.03. The van der Waals surface area contributed by atoms with Gasteiger partial charge in [-0.05, 0) is 55.2 Å². The van der Waals surface area contributed by atoms with Gasteiger partial charge in [0.05, 0.1) is 14.2 Å². The van der Waals surface area contributed by atoms with Gasteiger partial charge < -0.3 is 24.4 Å². The fourth-order valence-corrected chi connectivity index (χ4v) is 4.19. The third-order valence-electron chi connectivity index (χ3n) is 6.31. The number of hydrogen-bond acceptors (Lipinski definition) is 7. The molecule has 0 atom stereocenters. The van der Waals surface area contributed by atoms with E-state index in [1.807, 2.05) is 36.4 Å². The Bertz CT molecular complexity index is 1130. The second-order valence-electron chi connectivity index (χ2n) is 8.47. The first-order valence-electron chi connectivity index (χ1n) is 11.9. The van der Waals surface area contributed by atoms with Gasteiger partial charge in [-0.15, -0.1) is 0 Å². The van der Waals surface area contributed by atoms with E-state index in [9.17, 15) is 4.79 Å². The van der Waals surface area contributed by atoms with Gasteiger partial charge in [-0.3, -0.25) is 4.79 Å². The van der Waals surface area contributed by atoms with E-state index in [0.717, 1.165) is 61.0 Å². The number of amides is 1. The summed E-state index contributed by atoms with van der Waals surface area (Å²) in [6.07, 6.45) is 4.01. The molecule has 0 aliphatic carbocycles. The number of piperidine rings is 1. The number of carbonyl (C=O) groups excluding carboxylic acids is 1. The van der Waals surface area contributed by atoms with Gasteiger partial charge in [0.1, 0.15) is 29.4 Å². The lowest BCUT2D eigenvalue weighted by Crippen LogP contribution is -2.40. The zero-order valence-corrected chi connectivity index (χ0v) is 20.5. The van der Waals surface area contributed by atoms with E-state index in [1.54, 1.807) is 14.2 Å². The standard InChI is InChI=1S/C27H32N4O4/c1-4-19-5-7-22(8-6-19)35-26-16-25(29-18-30-26)31-13-11-20(12-14-31)27(32)28-17-21-15-23(33-2)9-10-24(21)34-3/h5-10,15-16,18,20H,4,11-14,17H2,1-3H3,(H,28,32). The van der Waals surface area contributed by atoms with E-state index >= 15 is 0 Å². The zero-order chi connectivity index (χ0) is 24.6. The molecule has 35 heavy (non-hydrogen) atoms. The van der Waals surface area contributed by atoms with Crippen molar-refractivity contribution in [1.29, 1.82) is 0 Å². The molecule has 0 saturated carbocycles. The van der Waals surface area contributed by atoms with Crippen molar-refractivity contribution in [3.05, 3.63) is 66.0 Å². The largest absolute Gasteiger partial charge is 0.497 e. The lowest BCUT2D eigenvalue weighted by atomic mass is 9.96. The van der Waals surface area contributed by atoms with Crippen molar-refractivity contribution >= 4 is 11.7 Å². The topological polar surface area (TPSA) is 85.8 Å². The number of ether oxygens (including phenoxy) is 3. The van der Waals surface area contributed by atoms with Crippen molar-refractivity contribution in [2.75, 3.05) is 32.2 Å². The number of methoxy groups -OCH3 is 2. The molecule has 1 aromatic heterocycles. The van der Waals surface area contributed by atoms with E-state index in [-0.39, 0.29) is 11.8 Å².